The molecule has 0 aromatic carbocycles. The molecule has 2 aromatic rings. The first-order valence-corrected chi connectivity index (χ1v) is 9.51. The van der Waals surface area contributed by atoms with Gasteiger partial charge in [-0.15, -0.1) is 11.3 Å². The van der Waals surface area contributed by atoms with E-state index in [1.807, 2.05) is 20.8 Å². The van der Waals surface area contributed by atoms with Gasteiger partial charge in [0, 0.05) is 13.1 Å². The fourth-order valence-electron chi connectivity index (χ4n) is 2.65. The highest BCUT2D eigenvalue weighted by atomic mass is 35.5. The molecule has 0 bridgehead atoms. The molecule has 2 aromatic heterocycles. The molecule has 0 radical (unpaired) electrons. The van der Waals surface area contributed by atoms with Gasteiger partial charge >= 0.3 is 5.97 Å². The smallest absolute Gasteiger partial charge is 0.348 e. The molecule has 2 heterocycles. The lowest BCUT2D eigenvalue weighted by molar-refractivity contribution is 0.0383. The van der Waals surface area contributed by atoms with Gasteiger partial charge < -0.3 is 9.64 Å². The molecule has 0 N–H and O–H groups in total. The first kappa shape index (κ1) is 18.9. The zero-order valence-electron chi connectivity index (χ0n) is 14.9. The fourth-order valence-corrected chi connectivity index (χ4v) is 3.92. The van der Waals surface area contributed by atoms with Crippen LogP contribution in [0.25, 0.3) is 10.2 Å². The van der Waals surface area contributed by atoms with Crippen LogP contribution in [-0.2, 0) is 4.74 Å². The van der Waals surface area contributed by atoms with Crippen LogP contribution in [0.3, 0.4) is 0 Å². The average Bonchev–Trinajstić information content (AvgIpc) is 2.82. The summed E-state index contributed by atoms with van der Waals surface area (Å²) in [7, 11) is 0. The van der Waals surface area contributed by atoms with E-state index >= 15 is 0 Å². The average molecular weight is 370 g/mol. The molecule has 0 amide bonds. The minimum Gasteiger partial charge on any atom is -0.459 e. The molecular formula is C17H24ClN3O2S. The highest BCUT2D eigenvalue weighted by Crippen LogP contribution is 2.36. The predicted molar refractivity (Wildman–Crippen MR) is 101 cm³/mol. The summed E-state index contributed by atoms with van der Waals surface area (Å²) in [6.45, 7) is 11.6. The van der Waals surface area contributed by atoms with Crippen molar-refractivity contribution in [3.05, 3.63) is 15.7 Å². The maximum atomic E-state index is 12.4. The van der Waals surface area contributed by atoms with Crippen molar-refractivity contribution in [2.45, 2.75) is 53.6 Å². The summed E-state index contributed by atoms with van der Waals surface area (Å²) in [5.41, 5.74) is 0.865. The van der Waals surface area contributed by atoms with Gasteiger partial charge in [-0.25, -0.2) is 9.78 Å². The van der Waals surface area contributed by atoms with Crippen LogP contribution < -0.4 is 4.90 Å². The Hall–Kier alpha value is -1.40. The van der Waals surface area contributed by atoms with Crippen LogP contribution in [0.15, 0.2) is 0 Å². The van der Waals surface area contributed by atoms with Crippen LogP contribution in [0.4, 0.5) is 5.82 Å². The number of nitrogens with zero attached hydrogens (tertiary/aromatic N) is 3. The first-order chi connectivity index (χ1) is 11.4. The molecule has 7 heteroatoms. The number of rotatable bonds is 7. The molecule has 0 saturated heterocycles. The largest absolute Gasteiger partial charge is 0.459 e. The van der Waals surface area contributed by atoms with Gasteiger partial charge in [0.1, 0.15) is 15.5 Å². The van der Waals surface area contributed by atoms with Crippen LogP contribution in [0.5, 0.6) is 0 Å². The van der Waals surface area contributed by atoms with E-state index in [9.17, 15) is 4.79 Å². The third kappa shape index (κ3) is 3.98. The molecule has 0 aliphatic carbocycles. The van der Waals surface area contributed by atoms with Crippen molar-refractivity contribution in [2.75, 3.05) is 18.0 Å². The Balaban J connectivity index is 2.59. The van der Waals surface area contributed by atoms with Gasteiger partial charge in [-0.2, -0.15) is 4.98 Å². The molecule has 24 heavy (non-hydrogen) atoms. The molecule has 0 aliphatic rings. The van der Waals surface area contributed by atoms with E-state index in [0.29, 0.717) is 4.88 Å². The number of ether oxygens (including phenoxy) is 1. The fraction of sp³-hybridized carbons (Fsp3) is 0.588. The topological polar surface area (TPSA) is 55.3 Å². The van der Waals surface area contributed by atoms with Gasteiger partial charge in [0.05, 0.1) is 11.5 Å². The van der Waals surface area contributed by atoms with Crippen molar-refractivity contribution < 1.29 is 9.53 Å². The van der Waals surface area contributed by atoms with Gasteiger partial charge in [0.2, 0.25) is 5.28 Å². The summed E-state index contributed by atoms with van der Waals surface area (Å²) in [6.07, 6.45) is 1.86. The van der Waals surface area contributed by atoms with E-state index < -0.39 is 0 Å². The monoisotopic (exact) mass is 369 g/mol. The van der Waals surface area contributed by atoms with Gasteiger partial charge in [-0.05, 0) is 50.8 Å². The molecule has 0 spiro atoms. The second-order valence-electron chi connectivity index (χ2n) is 5.99. The number of carbonyl (C=O) groups excluding carboxylic acids is 1. The number of esters is 1. The number of hydrogen-bond donors (Lipinski definition) is 0. The Labute approximate surface area is 152 Å². The standard InChI is InChI=1S/C17H24ClN3O2S/c1-6-8-21(9-7-2)14-12-11(5)13(16(22)23-10(3)4)24-15(12)20-17(18)19-14/h10H,6-9H2,1-5H3. The number of aromatic nitrogens is 2. The second-order valence-corrected chi connectivity index (χ2v) is 7.33. The molecule has 0 aliphatic heterocycles. The number of aryl methyl sites for hydroxylation is 1. The maximum absolute atomic E-state index is 12.4. The number of anilines is 1. The van der Waals surface area contributed by atoms with Crippen molar-refractivity contribution in [3.8, 4) is 0 Å². The Morgan fingerprint density at radius 3 is 2.42 bits per heavy atom. The summed E-state index contributed by atoms with van der Waals surface area (Å²) >= 11 is 7.45. The van der Waals surface area contributed by atoms with E-state index in [0.717, 1.165) is 47.5 Å². The van der Waals surface area contributed by atoms with Gasteiger partial charge in [0.15, 0.2) is 0 Å². The SMILES string of the molecule is CCCN(CCC)c1nc(Cl)nc2sc(C(=O)OC(C)C)c(C)c12. The van der Waals surface area contributed by atoms with Crippen LogP contribution in [-0.4, -0.2) is 35.1 Å². The summed E-state index contributed by atoms with van der Waals surface area (Å²) in [4.78, 5) is 24.7. The lowest BCUT2D eigenvalue weighted by Crippen LogP contribution is -2.26. The number of fused-ring (bicyclic) bond motifs is 1. The molecule has 0 atom stereocenters. The van der Waals surface area contributed by atoms with Crippen molar-refractivity contribution in [1.82, 2.24) is 9.97 Å². The normalized spacial score (nSPS) is 11.3. The molecule has 2 rings (SSSR count). The number of carbonyl (C=O) groups is 1. The Kier molecular flexibility index (Phi) is 6.40. The van der Waals surface area contributed by atoms with Crippen LogP contribution in [0, 0.1) is 6.92 Å². The molecule has 0 saturated carbocycles. The highest BCUT2D eigenvalue weighted by Gasteiger charge is 2.24. The van der Waals surface area contributed by atoms with E-state index in [1.165, 1.54) is 11.3 Å². The molecular weight excluding hydrogens is 346 g/mol. The number of halogens is 1. The van der Waals surface area contributed by atoms with Gasteiger partial charge in [0.25, 0.3) is 0 Å². The minimum atomic E-state index is -0.315. The predicted octanol–water partition coefficient (Wildman–Crippen LogP) is 4.84. The highest BCUT2D eigenvalue weighted by molar-refractivity contribution is 7.20. The summed E-state index contributed by atoms with van der Waals surface area (Å²) in [5, 5.41) is 1.11. The zero-order chi connectivity index (χ0) is 17.9. The molecule has 132 valence electrons. The van der Waals surface area contributed by atoms with Crippen LogP contribution >= 0.6 is 22.9 Å². The summed E-state index contributed by atoms with van der Waals surface area (Å²) in [6, 6.07) is 0. The van der Waals surface area contributed by atoms with Gasteiger partial charge in [-0.3, -0.25) is 0 Å². The summed E-state index contributed by atoms with van der Waals surface area (Å²) in [5.74, 6) is 0.496. The zero-order valence-corrected chi connectivity index (χ0v) is 16.4. The maximum Gasteiger partial charge on any atom is 0.348 e. The Morgan fingerprint density at radius 1 is 1.25 bits per heavy atom. The van der Waals surface area contributed by atoms with E-state index in [2.05, 4.69) is 28.7 Å². The van der Waals surface area contributed by atoms with Crippen LogP contribution in [0.1, 0.15) is 55.8 Å². The molecule has 5 nitrogen and oxygen atoms in total. The van der Waals surface area contributed by atoms with E-state index in [1.54, 1.807) is 0 Å². The second kappa shape index (κ2) is 8.12. The third-order valence-corrected chi connectivity index (χ3v) is 4.89. The number of hydrogen-bond acceptors (Lipinski definition) is 6. The Bertz CT molecular complexity index is 724. The van der Waals surface area contributed by atoms with Crippen molar-refractivity contribution in [3.63, 3.8) is 0 Å². The first-order valence-electron chi connectivity index (χ1n) is 8.31. The minimum absolute atomic E-state index is 0.159. The molecule has 0 unspecified atom stereocenters. The van der Waals surface area contributed by atoms with Gasteiger partial charge in [-0.1, -0.05) is 13.8 Å². The van der Waals surface area contributed by atoms with Crippen LogP contribution in [0.2, 0.25) is 5.28 Å². The van der Waals surface area contributed by atoms with Crippen molar-refractivity contribution in [1.29, 1.82) is 0 Å². The lowest BCUT2D eigenvalue weighted by atomic mass is 10.2. The third-order valence-electron chi connectivity index (χ3n) is 3.56. The lowest BCUT2D eigenvalue weighted by Gasteiger charge is -2.23. The Morgan fingerprint density at radius 2 is 1.88 bits per heavy atom. The van der Waals surface area contributed by atoms with E-state index in [4.69, 9.17) is 16.3 Å². The number of thiophene rings is 1. The van der Waals surface area contributed by atoms with Crippen molar-refractivity contribution in [2.24, 2.45) is 0 Å². The van der Waals surface area contributed by atoms with E-state index in [-0.39, 0.29) is 17.4 Å². The summed E-state index contributed by atoms with van der Waals surface area (Å²) < 4.78 is 5.35. The molecule has 0 fully saturated rings. The van der Waals surface area contributed by atoms with Crippen molar-refractivity contribution >= 4 is 44.9 Å². The quantitative estimate of drug-likeness (QED) is 0.516.